The topological polar surface area (TPSA) is 117 Å². The van der Waals surface area contributed by atoms with E-state index in [2.05, 4.69) is 40.2 Å². The van der Waals surface area contributed by atoms with Crippen molar-refractivity contribution >= 4 is 23.8 Å². The van der Waals surface area contributed by atoms with Crippen LogP contribution < -0.4 is 16.0 Å². The van der Waals surface area contributed by atoms with Crippen LogP contribution in [0.1, 0.15) is 36.5 Å². The zero-order valence-corrected chi connectivity index (χ0v) is 20.2. The van der Waals surface area contributed by atoms with Gasteiger partial charge in [0.25, 0.3) is 0 Å². The highest BCUT2D eigenvalue weighted by molar-refractivity contribution is 5.86. The zero-order valence-electron chi connectivity index (χ0n) is 20.2. The highest BCUT2D eigenvalue weighted by Gasteiger charge is 2.30. The molecule has 1 aliphatic carbocycles. The van der Waals surface area contributed by atoms with Crippen LogP contribution in [0, 0.1) is 5.92 Å². The molecule has 4 N–H and O–H groups in total. The van der Waals surface area contributed by atoms with Crippen molar-refractivity contribution in [2.24, 2.45) is 5.92 Å². The lowest BCUT2D eigenvalue weighted by Crippen LogP contribution is -2.49. The Morgan fingerprint density at radius 2 is 1.47 bits per heavy atom. The second-order valence-electron chi connectivity index (χ2n) is 9.04. The van der Waals surface area contributed by atoms with E-state index in [4.69, 9.17) is 9.84 Å². The molecule has 0 aliphatic heterocycles. The minimum Gasteiger partial charge on any atom is -0.465 e. The molecule has 1 unspecified atom stereocenters. The molecule has 8 nitrogen and oxygen atoms in total. The molecular formula is C28H29N3O5. The molecule has 3 amide bonds. The number of alkyl carbamates (subject to hydrolysis) is 1. The number of carbonyl (C=O) groups is 3. The van der Waals surface area contributed by atoms with Crippen LogP contribution in [0.15, 0.2) is 72.8 Å². The molecule has 4 rings (SSSR count). The molecule has 1 atom stereocenters. The van der Waals surface area contributed by atoms with E-state index in [1.165, 1.54) is 0 Å². The summed E-state index contributed by atoms with van der Waals surface area (Å²) in [7, 11) is 0. The van der Waals surface area contributed by atoms with Gasteiger partial charge in [-0.05, 0) is 45.9 Å². The molecule has 0 spiro atoms. The first-order valence-electron chi connectivity index (χ1n) is 11.8. The van der Waals surface area contributed by atoms with E-state index < -0.39 is 18.2 Å². The number of amides is 3. The Balaban J connectivity index is 1.33. The monoisotopic (exact) mass is 487 g/mol. The van der Waals surface area contributed by atoms with Crippen LogP contribution >= 0.6 is 0 Å². The fourth-order valence-electron chi connectivity index (χ4n) is 4.43. The summed E-state index contributed by atoms with van der Waals surface area (Å²) < 4.78 is 5.59. The first-order chi connectivity index (χ1) is 17.3. The summed E-state index contributed by atoms with van der Waals surface area (Å²) in [6.45, 7) is 4.10. The molecule has 1 aliphatic rings. The lowest BCUT2D eigenvalue weighted by atomic mass is 9.98. The summed E-state index contributed by atoms with van der Waals surface area (Å²) >= 11 is 0. The average Bonchev–Trinajstić information content (AvgIpc) is 3.18. The maximum absolute atomic E-state index is 12.8. The van der Waals surface area contributed by atoms with Crippen LogP contribution in [-0.4, -0.2) is 35.8 Å². The molecule has 8 heteroatoms. The number of hydrogen-bond acceptors (Lipinski definition) is 4. The van der Waals surface area contributed by atoms with E-state index in [0.717, 1.165) is 27.8 Å². The Bertz CT molecular complexity index is 1210. The van der Waals surface area contributed by atoms with Crippen molar-refractivity contribution < 1.29 is 24.2 Å². The summed E-state index contributed by atoms with van der Waals surface area (Å²) in [6, 6.07) is 22.1. The van der Waals surface area contributed by atoms with Crippen molar-refractivity contribution in [3.05, 3.63) is 89.5 Å². The normalized spacial score (nSPS) is 12.9. The van der Waals surface area contributed by atoms with E-state index >= 15 is 0 Å². The molecule has 0 fully saturated rings. The van der Waals surface area contributed by atoms with Gasteiger partial charge >= 0.3 is 12.2 Å². The van der Waals surface area contributed by atoms with E-state index in [-0.39, 0.29) is 30.9 Å². The third kappa shape index (κ3) is 5.66. The van der Waals surface area contributed by atoms with Crippen LogP contribution in [0.25, 0.3) is 11.1 Å². The average molecular weight is 488 g/mol. The Kier molecular flexibility index (Phi) is 7.53. The fourth-order valence-corrected chi connectivity index (χ4v) is 4.43. The maximum atomic E-state index is 12.8. The van der Waals surface area contributed by atoms with Crippen molar-refractivity contribution in [1.29, 1.82) is 0 Å². The minimum absolute atomic E-state index is 0.0620. The highest BCUT2D eigenvalue weighted by atomic mass is 16.5. The molecule has 0 saturated heterocycles. The van der Waals surface area contributed by atoms with Crippen LogP contribution in [0.4, 0.5) is 15.3 Å². The van der Waals surface area contributed by atoms with Gasteiger partial charge in [0.2, 0.25) is 5.91 Å². The predicted octanol–water partition coefficient (Wildman–Crippen LogP) is 4.96. The quantitative estimate of drug-likeness (QED) is 0.359. The Morgan fingerprint density at radius 1 is 0.889 bits per heavy atom. The van der Waals surface area contributed by atoms with E-state index in [1.807, 2.05) is 38.1 Å². The molecule has 0 aromatic heterocycles. The number of carboxylic acid groups (broad SMARTS) is 1. The first-order valence-corrected chi connectivity index (χ1v) is 11.8. The van der Waals surface area contributed by atoms with Gasteiger partial charge in [-0.1, -0.05) is 74.5 Å². The number of anilines is 1. The summed E-state index contributed by atoms with van der Waals surface area (Å²) in [6.07, 6.45) is -1.79. The number of ether oxygens (including phenoxy) is 1. The summed E-state index contributed by atoms with van der Waals surface area (Å²) in [4.78, 5) is 36.2. The Hall–Kier alpha value is -4.33. The van der Waals surface area contributed by atoms with Gasteiger partial charge in [0.15, 0.2) is 0 Å². The minimum atomic E-state index is -1.14. The van der Waals surface area contributed by atoms with Gasteiger partial charge in [0, 0.05) is 18.2 Å². The largest absolute Gasteiger partial charge is 0.465 e. The van der Waals surface area contributed by atoms with Gasteiger partial charge in [0.1, 0.15) is 12.6 Å². The number of nitrogens with one attached hydrogen (secondary N) is 3. The fraction of sp³-hybridized carbons (Fsp3) is 0.250. The number of carbonyl (C=O) groups excluding carboxylic acids is 2. The molecule has 186 valence electrons. The van der Waals surface area contributed by atoms with Gasteiger partial charge in [-0.2, -0.15) is 0 Å². The van der Waals surface area contributed by atoms with Crippen molar-refractivity contribution in [2.75, 3.05) is 11.9 Å². The van der Waals surface area contributed by atoms with Crippen LogP contribution in [0.3, 0.4) is 0 Å². The van der Waals surface area contributed by atoms with Crippen molar-refractivity contribution in [2.45, 2.75) is 32.4 Å². The first kappa shape index (κ1) is 24.8. The second kappa shape index (κ2) is 10.9. The molecule has 0 heterocycles. The van der Waals surface area contributed by atoms with Crippen LogP contribution in [-0.2, 0) is 16.1 Å². The summed E-state index contributed by atoms with van der Waals surface area (Å²) in [5.41, 5.74) is 5.77. The van der Waals surface area contributed by atoms with Gasteiger partial charge < -0.3 is 20.5 Å². The van der Waals surface area contributed by atoms with E-state index in [1.54, 1.807) is 24.3 Å². The number of rotatable bonds is 8. The summed E-state index contributed by atoms with van der Waals surface area (Å²) in [5.74, 6) is -0.549. The van der Waals surface area contributed by atoms with Gasteiger partial charge in [0.05, 0.1) is 0 Å². The predicted molar refractivity (Wildman–Crippen MR) is 137 cm³/mol. The lowest BCUT2D eigenvalue weighted by Gasteiger charge is -2.22. The number of benzene rings is 3. The zero-order chi connectivity index (χ0) is 25.7. The molecule has 0 radical (unpaired) electrons. The smallest absolute Gasteiger partial charge is 0.409 e. The lowest BCUT2D eigenvalue weighted by molar-refractivity contribution is -0.124. The third-order valence-electron chi connectivity index (χ3n) is 6.24. The van der Waals surface area contributed by atoms with Gasteiger partial charge in [-0.25, -0.2) is 9.59 Å². The van der Waals surface area contributed by atoms with Crippen LogP contribution in [0.2, 0.25) is 0 Å². The maximum Gasteiger partial charge on any atom is 0.409 e. The molecule has 0 saturated carbocycles. The highest BCUT2D eigenvalue weighted by Crippen LogP contribution is 2.44. The van der Waals surface area contributed by atoms with Crippen molar-refractivity contribution in [3.8, 4) is 11.1 Å². The van der Waals surface area contributed by atoms with Crippen LogP contribution in [0.5, 0.6) is 0 Å². The number of hydrogen-bond donors (Lipinski definition) is 4. The van der Waals surface area contributed by atoms with E-state index in [9.17, 15) is 14.4 Å². The summed E-state index contributed by atoms with van der Waals surface area (Å²) in [5, 5.41) is 16.6. The molecule has 3 aromatic rings. The Labute approximate surface area is 209 Å². The molecule has 36 heavy (non-hydrogen) atoms. The third-order valence-corrected chi connectivity index (χ3v) is 6.24. The van der Waals surface area contributed by atoms with Gasteiger partial charge in [-0.3, -0.25) is 10.1 Å². The standard InChI is InChI=1S/C28H29N3O5/c1-17(2)25(26(32)29-15-18-11-13-19(14-12-18)30-27(33)34)31-28(35)36-16-24-22-9-5-3-7-20(22)21-8-4-6-10-23(21)24/h3-14,17,24-25,30H,15-16H2,1-2H3,(H,29,32)(H,31,35)(H,33,34). The van der Waals surface area contributed by atoms with E-state index in [0.29, 0.717) is 5.69 Å². The second-order valence-corrected chi connectivity index (χ2v) is 9.04. The van der Waals surface area contributed by atoms with Crippen molar-refractivity contribution in [1.82, 2.24) is 10.6 Å². The molecule has 3 aromatic carbocycles. The molecule has 0 bridgehead atoms. The number of fused-ring (bicyclic) bond motifs is 3. The van der Waals surface area contributed by atoms with Crippen molar-refractivity contribution in [3.63, 3.8) is 0 Å². The Morgan fingerprint density at radius 3 is 2.03 bits per heavy atom. The SMILES string of the molecule is CC(C)C(NC(=O)OCC1c2ccccc2-c2ccccc21)C(=O)NCc1ccc(NC(=O)O)cc1. The molecular weight excluding hydrogens is 458 g/mol. The van der Waals surface area contributed by atoms with Gasteiger partial charge in [-0.15, -0.1) is 0 Å².